The minimum absolute atomic E-state index is 0.495. The Bertz CT molecular complexity index is 42.2. The molecule has 0 fully saturated rings. The summed E-state index contributed by atoms with van der Waals surface area (Å²) < 4.78 is 0. The van der Waals surface area contributed by atoms with Gasteiger partial charge in [0, 0.05) is 7.05 Å². The molecule has 1 N–H and O–H groups in total. The number of hydrogen-bond donors (Lipinski definition) is 1. The Morgan fingerprint density at radius 3 is 2.20 bits per heavy atom. The third kappa shape index (κ3) is 3.47. The molecular formula is C3H5NO. The van der Waals surface area contributed by atoms with Gasteiger partial charge in [0.1, 0.15) is 0 Å². The van der Waals surface area contributed by atoms with Gasteiger partial charge in [-0.1, -0.05) is 0 Å². The molecule has 1 amide bonds. The van der Waals surface area contributed by atoms with Crippen LogP contribution in [0.3, 0.4) is 0 Å². The first-order valence-corrected chi connectivity index (χ1v) is 1.24. The number of hydrogen-bond acceptors (Lipinski definition) is 1. The number of carbonyl (C=O) groups is 1. The fourth-order valence-electron chi connectivity index (χ4n) is 0. The zero-order valence-electron chi connectivity index (χ0n) is 2.99. The van der Waals surface area contributed by atoms with Crippen LogP contribution in [0, 0.1) is 6.92 Å². The van der Waals surface area contributed by atoms with E-state index in [4.69, 9.17) is 0 Å². The maximum atomic E-state index is 9.48. The first-order valence-electron chi connectivity index (χ1n) is 1.24. The number of amides is 1. The van der Waals surface area contributed by atoms with Crippen LogP contribution in [-0.2, 0) is 4.79 Å². The number of rotatable bonds is 0. The maximum Gasteiger partial charge on any atom is 0.224 e. The number of nitrogens with one attached hydrogen (secondary N) is 1. The molecule has 0 aliphatic carbocycles. The normalized spacial score (nSPS) is 6.80. The standard InChI is InChI=1S/C3H5NO/c1-3(5)4-2/h1H,2H3,(H,4,5). The van der Waals surface area contributed by atoms with E-state index in [0.29, 0.717) is 0 Å². The molecule has 2 nitrogen and oxygen atoms in total. The molecule has 0 heterocycles. The summed E-state index contributed by atoms with van der Waals surface area (Å²) in [7, 11) is 1.47. The molecule has 0 unspecified atom stereocenters. The molecule has 5 heavy (non-hydrogen) atoms. The highest BCUT2D eigenvalue weighted by molar-refractivity contribution is 5.79. The predicted octanol–water partition coefficient (Wildman–Crippen LogP) is -0.557. The van der Waals surface area contributed by atoms with E-state index in [0.717, 1.165) is 0 Å². The van der Waals surface area contributed by atoms with Crippen LogP contribution in [0.5, 0.6) is 0 Å². The van der Waals surface area contributed by atoms with Crippen molar-refractivity contribution in [3.05, 3.63) is 6.92 Å². The highest BCUT2D eigenvalue weighted by atomic mass is 16.1. The van der Waals surface area contributed by atoms with Crippen LogP contribution in [0.25, 0.3) is 0 Å². The number of carbonyl (C=O) groups excluding carboxylic acids is 1. The van der Waals surface area contributed by atoms with Gasteiger partial charge in [0.05, 0.1) is 6.92 Å². The fourth-order valence-corrected chi connectivity index (χ4v) is 0. The first-order chi connectivity index (χ1) is 2.27. The van der Waals surface area contributed by atoms with E-state index in [9.17, 15) is 4.79 Å². The van der Waals surface area contributed by atoms with Crippen molar-refractivity contribution in [1.29, 1.82) is 0 Å². The van der Waals surface area contributed by atoms with Gasteiger partial charge in [-0.05, 0) is 0 Å². The van der Waals surface area contributed by atoms with Crippen molar-refractivity contribution in [2.24, 2.45) is 0 Å². The van der Waals surface area contributed by atoms with Crippen molar-refractivity contribution in [1.82, 2.24) is 5.32 Å². The largest absolute Gasteiger partial charge is 0.359 e. The third-order valence-electron chi connectivity index (χ3n) is 0.246. The van der Waals surface area contributed by atoms with Gasteiger partial charge in [0.25, 0.3) is 0 Å². The molecule has 0 aliphatic heterocycles. The van der Waals surface area contributed by atoms with E-state index in [1.54, 1.807) is 0 Å². The lowest BCUT2D eigenvalue weighted by molar-refractivity contribution is -0.116. The highest BCUT2D eigenvalue weighted by Gasteiger charge is 1.73. The van der Waals surface area contributed by atoms with Crippen LogP contribution < -0.4 is 5.32 Å². The van der Waals surface area contributed by atoms with E-state index in [2.05, 4.69) is 12.2 Å². The van der Waals surface area contributed by atoms with Gasteiger partial charge in [0.15, 0.2) is 0 Å². The molecule has 2 heteroatoms. The summed E-state index contributed by atoms with van der Waals surface area (Å²) in [6.07, 6.45) is 0. The summed E-state index contributed by atoms with van der Waals surface area (Å²) in [5.74, 6) is -0.495. The molecule has 2 radical (unpaired) electrons. The lowest BCUT2D eigenvalue weighted by atomic mass is 10.7. The van der Waals surface area contributed by atoms with E-state index in [1.165, 1.54) is 7.05 Å². The van der Waals surface area contributed by atoms with Crippen molar-refractivity contribution in [2.45, 2.75) is 0 Å². The van der Waals surface area contributed by atoms with Gasteiger partial charge < -0.3 is 5.32 Å². The average molecular weight is 71.1 g/mol. The quantitative estimate of drug-likeness (QED) is 0.407. The van der Waals surface area contributed by atoms with Gasteiger partial charge >= 0.3 is 0 Å². The monoisotopic (exact) mass is 71.0 g/mol. The Hall–Kier alpha value is -0.530. The van der Waals surface area contributed by atoms with Crippen LogP contribution in [0.15, 0.2) is 0 Å². The summed E-state index contributed by atoms with van der Waals surface area (Å²) in [6.45, 7) is 4.54. The van der Waals surface area contributed by atoms with Crippen LogP contribution in [-0.4, -0.2) is 13.0 Å². The molecule has 0 rings (SSSR count). The molecule has 0 aromatic carbocycles. The predicted molar refractivity (Wildman–Crippen MR) is 18.4 cm³/mol. The Labute approximate surface area is 31.2 Å². The summed E-state index contributed by atoms with van der Waals surface area (Å²) in [5.41, 5.74) is 0. The third-order valence-corrected chi connectivity index (χ3v) is 0.246. The molecule has 0 bridgehead atoms. The van der Waals surface area contributed by atoms with Gasteiger partial charge in [-0.2, -0.15) is 0 Å². The zero-order chi connectivity index (χ0) is 4.28. The summed E-state index contributed by atoms with van der Waals surface area (Å²) in [4.78, 5) is 9.48. The molecule has 0 spiro atoms. The van der Waals surface area contributed by atoms with Crippen molar-refractivity contribution in [3.63, 3.8) is 0 Å². The smallest absolute Gasteiger partial charge is 0.224 e. The van der Waals surface area contributed by atoms with Crippen molar-refractivity contribution in [2.75, 3.05) is 7.05 Å². The zero-order valence-corrected chi connectivity index (χ0v) is 2.99. The molecule has 0 aliphatic rings. The Kier molecular flexibility index (Phi) is 1.57. The van der Waals surface area contributed by atoms with Gasteiger partial charge in [-0.25, -0.2) is 0 Å². The average Bonchev–Trinajstić information content (AvgIpc) is 1.38. The van der Waals surface area contributed by atoms with E-state index in [-0.39, 0.29) is 0 Å². The van der Waals surface area contributed by atoms with Gasteiger partial charge in [-0.15, -0.1) is 0 Å². The maximum absolute atomic E-state index is 9.48. The lowest BCUT2D eigenvalue weighted by Gasteiger charge is -1.79. The lowest BCUT2D eigenvalue weighted by Crippen LogP contribution is -2.12. The summed E-state index contributed by atoms with van der Waals surface area (Å²) in [5, 5.41) is 2.17. The summed E-state index contributed by atoms with van der Waals surface area (Å²) in [6, 6.07) is 0. The topological polar surface area (TPSA) is 29.1 Å². The van der Waals surface area contributed by atoms with Crippen LogP contribution in [0.1, 0.15) is 0 Å². The second-order valence-corrected chi connectivity index (χ2v) is 0.614. The van der Waals surface area contributed by atoms with E-state index in [1.807, 2.05) is 0 Å². The highest BCUT2D eigenvalue weighted by Crippen LogP contribution is 1.43. The molecule has 0 atom stereocenters. The van der Waals surface area contributed by atoms with Crippen molar-refractivity contribution < 1.29 is 4.79 Å². The van der Waals surface area contributed by atoms with E-state index < -0.39 is 5.91 Å². The second kappa shape index (κ2) is 1.76. The summed E-state index contributed by atoms with van der Waals surface area (Å²) >= 11 is 0. The van der Waals surface area contributed by atoms with Gasteiger partial charge in [0.2, 0.25) is 5.91 Å². The Morgan fingerprint density at radius 2 is 2.20 bits per heavy atom. The SMILES string of the molecule is [CH]C(=O)NC. The fraction of sp³-hybridized carbons (Fsp3) is 0.333. The van der Waals surface area contributed by atoms with Crippen molar-refractivity contribution in [3.8, 4) is 0 Å². The van der Waals surface area contributed by atoms with Crippen LogP contribution >= 0.6 is 0 Å². The minimum atomic E-state index is -0.495. The van der Waals surface area contributed by atoms with Crippen molar-refractivity contribution >= 4 is 5.91 Å². The Balaban J connectivity index is 2.85. The molecule has 0 aromatic heterocycles. The second-order valence-electron chi connectivity index (χ2n) is 0.614. The molecule has 0 saturated heterocycles. The molecule has 28 valence electrons. The molecule has 0 saturated carbocycles. The minimum Gasteiger partial charge on any atom is -0.359 e. The first kappa shape index (κ1) is 4.47. The van der Waals surface area contributed by atoms with Gasteiger partial charge in [-0.3, -0.25) is 4.79 Å². The Morgan fingerprint density at radius 1 is 2.00 bits per heavy atom. The van der Waals surface area contributed by atoms with Crippen LogP contribution in [0.4, 0.5) is 0 Å². The molecular weight excluding hydrogens is 66.0 g/mol. The van der Waals surface area contributed by atoms with Crippen LogP contribution in [0.2, 0.25) is 0 Å². The van der Waals surface area contributed by atoms with E-state index >= 15 is 0 Å². The molecule has 0 aromatic rings.